The normalized spacial score (nSPS) is 14.2. The molecule has 2 N–H and O–H groups in total. The minimum atomic E-state index is -1.13. The van der Waals surface area contributed by atoms with Crippen molar-refractivity contribution in [2.75, 3.05) is 63.2 Å². The van der Waals surface area contributed by atoms with Gasteiger partial charge in [-0.05, 0) is 56.2 Å². The third kappa shape index (κ3) is 8.03. The number of nitrogens with one attached hydrogen (secondary N) is 1. The summed E-state index contributed by atoms with van der Waals surface area (Å²) in [6.45, 7) is 9.78. The topological polar surface area (TPSA) is 103 Å². The van der Waals surface area contributed by atoms with Gasteiger partial charge in [0, 0.05) is 63.3 Å². The molecule has 2 heterocycles. The molecule has 0 aliphatic carbocycles. The average molecular weight is 553 g/mol. The number of carboxylic acid groups (broad SMARTS) is 1. The monoisotopic (exact) mass is 552 g/mol. The third-order valence-electron chi connectivity index (χ3n) is 6.92. The van der Waals surface area contributed by atoms with Crippen molar-refractivity contribution in [2.24, 2.45) is 0 Å². The van der Waals surface area contributed by atoms with Gasteiger partial charge in [0.05, 0.1) is 7.11 Å². The Morgan fingerprint density at radius 3 is 2.52 bits per heavy atom. The van der Waals surface area contributed by atoms with Crippen molar-refractivity contribution < 1.29 is 23.8 Å². The van der Waals surface area contributed by atoms with E-state index in [1.165, 1.54) is 18.3 Å². The maximum atomic E-state index is 14.8. The Bertz CT molecular complexity index is 1250. The Kier molecular flexibility index (Phi) is 10.1. The number of aromatic nitrogens is 2. The SMILES string of the molecule is COc1ccc(CCN(C(=O)O)c2ccnc(Nc3ccc(OCCN4CCN(C(C)C)CC4)c(F)c3)n2)cc1. The fourth-order valence-electron chi connectivity index (χ4n) is 4.51. The van der Waals surface area contributed by atoms with Crippen LogP contribution in [0.3, 0.4) is 0 Å². The average Bonchev–Trinajstić information content (AvgIpc) is 2.95. The number of halogens is 1. The molecule has 3 aromatic rings. The van der Waals surface area contributed by atoms with Crippen LogP contribution in [0.1, 0.15) is 19.4 Å². The van der Waals surface area contributed by atoms with E-state index in [0.29, 0.717) is 24.8 Å². The molecule has 11 heteroatoms. The summed E-state index contributed by atoms with van der Waals surface area (Å²) in [5.74, 6) is 0.779. The van der Waals surface area contributed by atoms with Gasteiger partial charge in [-0.25, -0.2) is 14.2 Å². The first kappa shape index (κ1) is 29.0. The molecule has 1 aliphatic rings. The van der Waals surface area contributed by atoms with E-state index in [4.69, 9.17) is 9.47 Å². The minimum absolute atomic E-state index is 0.154. The molecule has 214 valence electrons. The second-order valence-corrected chi connectivity index (χ2v) is 9.86. The number of rotatable bonds is 12. The van der Waals surface area contributed by atoms with Crippen LogP contribution in [-0.4, -0.2) is 90.0 Å². The lowest BCUT2D eigenvalue weighted by Crippen LogP contribution is -2.49. The molecule has 0 saturated carbocycles. The molecule has 40 heavy (non-hydrogen) atoms. The summed E-state index contributed by atoms with van der Waals surface area (Å²) in [4.78, 5) is 26.4. The molecule has 0 unspecified atom stereocenters. The van der Waals surface area contributed by atoms with Crippen molar-refractivity contribution in [3.63, 3.8) is 0 Å². The highest BCUT2D eigenvalue weighted by Gasteiger charge is 2.19. The van der Waals surface area contributed by atoms with Gasteiger partial charge < -0.3 is 19.9 Å². The molecule has 4 rings (SSSR count). The molecule has 10 nitrogen and oxygen atoms in total. The molecule has 1 aliphatic heterocycles. The van der Waals surface area contributed by atoms with Crippen LogP contribution in [0.5, 0.6) is 11.5 Å². The van der Waals surface area contributed by atoms with Crippen LogP contribution in [0, 0.1) is 5.82 Å². The Balaban J connectivity index is 1.31. The van der Waals surface area contributed by atoms with E-state index in [0.717, 1.165) is 48.9 Å². The first-order chi connectivity index (χ1) is 19.3. The zero-order valence-corrected chi connectivity index (χ0v) is 23.2. The highest BCUT2D eigenvalue weighted by molar-refractivity contribution is 5.84. The molecule has 1 fully saturated rings. The first-order valence-electron chi connectivity index (χ1n) is 13.4. The van der Waals surface area contributed by atoms with Crippen LogP contribution in [-0.2, 0) is 6.42 Å². The van der Waals surface area contributed by atoms with Gasteiger partial charge in [0.15, 0.2) is 11.6 Å². The van der Waals surface area contributed by atoms with Gasteiger partial charge >= 0.3 is 6.09 Å². The lowest BCUT2D eigenvalue weighted by molar-refractivity contribution is 0.0965. The van der Waals surface area contributed by atoms with Crippen molar-refractivity contribution in [1.29, 1.82) is 0 Å². The van der Waals surface area contributed by atoms with Crippen LogP contribution < -0.4 is 19.7 Å². The van der Waals surface area contributed by atoms with Crippen LogP contribution in [0.4, 0.5) is 26.6 Å². The lowest BCUT2D eigenvalue weighted by atomic mass is 10.1. The molecule has 2 aromatic carbocycles. The fourth-order valence-corrected chi connectivity index (χ4v) is 4.51. The van der Waals surface area contributed by atoms with Crippen molar-refractivity contribution in [3.8, 4) is 11.5 Å². The van der Waals surface area contributed by atoms with E-state index in [1.807, 2.05) is 24.3 Å². The highest BCUT2D eigenvalue weighted by atomic mass is 19.1. The van der Waals surface area contributed by atoms with Crippen LogP contribution in [0.15, 0.2) is 54.7 Å². The standard InChI is InChI=1S/C29H37FN6O4/c1-21(2)35-16-14-34(15-17-35)18-19-40-26-9-6-23(20-25(26)30)32-28-31-12-10-27(33-28)36(29(37)38)13-11-22-4-7-24(39-3)8-5-22/h4-10,12,20-21H,11,13-19H2,1-3H3,(H,37,38)(H,31,32,33). The predicted molar refractivity (Wildman–Crippen MR) is 152 cm³/mol. The van der Waals surface area contributed by atoms with Gasteiger partial charge in [-0.2, -0.15) is 4.98 Å². The van der Waals surface area contributed by atoms with Crippen molar-refractivity contribution in [1.82, 2.24) is 19.8 Å². The molecule has 1 saturated heterocycles. The number of benzene rings is 2. The summed E-state index contributed by atoms with van der Waals surface area (Å²) in [5.41, 5.74) is 1.39. The van der Waals surface area contributed by atoms with Crippen molar-refractivity contribution in [2.45, 2.75) is 26.3 Å². The molecule has 0 radical (unpaired) electrons. The molecular weight excluding hydrogens is 515 g/mol. The Hall–Kier alpha value is -3.96. The molecular formula is C29H37FN6O4. The maximum Gasteiger partial charge on any atom is 0.413 e. The summed E-state index contributed by atoms with van der Waals surface area (Å²) in [7, 11) is 1.59. The Labute approximate surface area is 234 Å². The molecule has 0 bridgehead atoms. The number of amides is 1. The largest absolute Gasteiger partial charge is 0.497 e. The Morgan fingerprint density at radius 2 is 1.88 bits per heavy atom. The van der Waals surface area contributed by atoms with Crippen molar-refractivity contribution >= 4 is 23.5 Å². The summed E-state index contributed by atoms with van der Waals surface area (Å²) >= 11 is 0. The van der Waals surface area contributed by atoms with Gasteiger partial charge in [0.2, 0.25) is 5.95 Å². The van der Waals surface area contributed by atoms with Crippen LogP contribution in [0.2, 0.25) is 0 Å². The molecule has 0 atom stereocenters. The summed E-state index contributed by atoms with van der Waals surface area (Å²) < 4.78 is 25.6. The number of hydrogen-bond acceptors (Lipinski definition) is 8. The van der Waals surface area contributed by atoms with E-state index < -0.39 is 11.9 Å². The second-order valence-electron chi connectivity index (χ2n) is 9.86. The van der Waals surface area contributed by atoms with E-state index >= 15 is 0 Å². The zero-order chi connectivity index (χ0) is 28.5. The quantitative estimate of drug-likeness (QED) is 0.336. The smallest absolute Gasteiger partial charge is 0.413 e. The summed E-state index contributed by atoms with van der Waals surface area (Å²) in [5, 5.41) is 12.7. The highest BCUT2D eigenvalue weighted by Crippen LogP contribution is 2.24. The minimum Gasteiger partial charge on any atom is -0.497 e. The lowest BCUT2D eigenvalue weighted by Gasteiger charge is -2.36. The number of nitrogens with zero attached hydrogens (tertiary/aromatic N) is 5. The van der Waals surface area contributed by atoms with Crippen LogP contribution >= 0.6 is 0 Å². The fraction of sp³-hybridized carbons (Fsp3) is 0.414. The zero-order valence-electron chi connectivity index (χ0n) is 23.2. The van der Waals surface area contributed by atoms with Gasteiger partial charge in [0.1, 0.15) is 18.2 Å². The molecule has 1 aromatic heterocycles. The number of hydrogen-bond donors (Lipinski definition) is 2. The van der Waals surface area contributed by atoms with E-state index in [9.17, 15) is 14.3 Å². The van der Waals surface area contributed by atoms with Crippen molar-refractivity contribution in [3.05, 3.63) is 66.1 Å². The number of carbonyl (C=O) groups is 1. The van der Waals surface area contributed by atoms with Gasteiger partial charge in [0.25, 0.3) is 0 Å². The van der Waals surface area contributed by atoms with E-state index in [1.54, 1.807) is 19.2 Å². The van der Waals surface area contributed by atoms with E-state index in [2.05, 4.69) is 38.9 Å². The number of piperazine rings is 1. The third-order valence-corrected chi connectivity index (χ3v) is 6.92. The van der Waals surface area contributed by atoms with Crippen LogP contribution in [0.25, 0.3) is 0 Å². The van der Waals surface area contributed by atoms with Gasteiger partial charge in [-0.15, -0.1) is 0 Å². The number of ether oxygens (including phenoxy) is 2. The Morgan fingerprint density at radius 1 is 1.12 bits per heavy atom. The second kappa shape index (κ2) is 13.9. The molecule has 1 amide bonds. The number of anilines is 3. The maximum absolute atomic E-state index is 14.8. The molecule has 0 spiro atoms. The number of methoxy groups -OCH3 is 1. The first-order valence-corrected chi connectivity index (χ1v) is 13.4. The summed E-state index contributed by atoms with van der Waals surface area (Å²) in [6.07, 6.45) is 0.819. The van der Waals surface area contributed by atoms with Gasteiger partial charge in [-0.3, -0.25) is 14.7 Å². The van der Waals surface area contributed by atoms with Gasteiger partial charge in [-0.1, -0.05) is 12.1 Å². The van der Waals surface area contributed by atoms with E-state index in [-0.39, 0.29) is 24.1 Å². The summed E-state index contributed by atoms with van der Waals surface area (Å²) in [6, 6.07) is 14.1. The predicted octanol–water partition coefficient (Wildman–Crippen LogP) is 4.50.